The molecule has 0 saturated carbocycles. The fourth-order valence-electron chi connectivity index (χ4n) is 7.22. The van der Waals surface area contributed by atoms with Crippen LogP contribution in [0.2, 0.25) is 0 Å². The van der Waals surface area contributed by atoms with Crippen molar-refractivity contribution in [2.75, 3.05) is 13.2 Å². The highest BCUT2D eigenvalue weighted by atomic mass is 16.6. The SMILES string of the molecule is CCCCC/C=C\C=C/CCCCCCCCC(=O)OC(COC(=O)CCCCCCC/C=C\CCCCC)COC(=O)CCCCCCCCC/C=C\C/C=C\CCCCC. The Morgan fingerprint density at radius 2 is 0.629 bits per heavy atom. The lowest BCUT2D eigenvalue weighted by Crippen LogP contribution is -2.30. The van der Waals surface area contributed by atoms with Gasteiger partial charge in [-0.05, 0) is 103 Å². The van der Waals surface area contributed by atoms with Crippen LogP contribution < -0.4 is 0 Å². The van der Waals surface area contributed by atoms with Gasteiger partial charge in [-0.2, -0.15) is 0 Å². The zero-order valence-corrected chi connectivity index (χ0v) is 40.9. The Balaban J connectivity index is 4.40. The molecule has 0 fully saturated rings. The second kappa shape index (κ2) is 50.8. The van der Waals surface area contributed by atoms with Crippen LogP contribution in [0.3, 0.4) is 0 Å². The molecule has 358 valence electrons. The molecule has 0 spiro atoms. The molecule has 0 aromatic rings. The second-order valence-corrected chi connectivity index (χ2v) is 17.5. The van der Waals surface area contributed by atoms with Gasteiger partial charge in [-0.1, -0.05) is 197 Å². The van der Waals surface area contributed by atoms with Gasteiger partial charge in [0.15, 0.2) is 6.10 Å². The van der Waals surface area contributed by atoms with E-state index in [1.807, 2.05) is 0 Å². The summed E-state index contributed by atoms with van der Waals surface area (Å²) < 4.78 is 16.8. The summed E-state index contributed by atoms with van der Waals surface area (Å²) in [6.45, 7) is 6.54. The van der Waals surface area contributed by atoms with Crippen molar-refractivity contribution in [1.29, 1.82) is 0 Å². The van der Waals surface area contributed by atoms with Gasteiger partial charge in [0.05, 0.1) is 0 Å². The van der Waals surface area contributed by atoms with Crippen LogP contribution in [-0.2, 0) is 28.6 Å². The zero-order chi connectivity index (χ0) is 45.1. The summed E-state index contributed by atoms with van der Waals surface area (Å²) >= 11 is 0. The van der Waals surface area contributed by atoms with Gasteiger partial charge in [0.2, 0.25) is 0 Å². The van der Waals surface area contributed by atoms with E-state index < -0.39 is 6.10 Å². The summed E-state index contributed by atoms with van der Waals surface area (Å²) in [5, 5.41) is 0. The van der Waals surface area contributed by atoms with Gasteiger partial charge in [-0.3, -0.25) is 14.4 Å². The number of unbranched alkanes of at least 4 members (excludes halogenated alkanes) is 27. The van der Waals surface area contributed by atoms with E-state index in [9.17, 15) is 14.4 Å². The van der Waals surface area contributed by atoms with E-state index in [1.54, 1.807) is 0 Å². The predicted molar refractivity (Wildman–Crippen MR) is 265 cm³/mol. The normalized spacial score (nSPS) is 12.5. The monoisotopic (exact) mass is 867 g/mol. The first-order valence-electron chi connectivity index (χ1n) is 26.3. The standard InChI is InChI=1S/C56H98O6/c1-4-7-10-13-16-19-22-25-27-28-30-31-34-37-40-43-46-49-55(58)61-52-53(51-60-54(57)48-45-42-39-36-33-24-21-18-15-12-9-6-3)62-56(59)50-47-44-41-38-35-32-29-26-23-20-17-14-11-8-5-2/h16-21,23,25-27,53H,4-15,22,24,28-52H2,1-3H3/b19-16-,20-17-,21-18-,26-23-,27-25-. The maximum atomic E-state index is 12.8. The number of allylic oxidation sites excluding steroid dienone is 10. The molecule has 1 unspecified atom stereocenters. The molecule has 0 heterocycles. The van der Waals surface area contributed by atoms with E-state index in [2.05, 4.69) is 81.5 Å². The van der Waals surface area contributed by atoms with Gasteiger partial charge in [0.25, 0.3) is 0 Å². The smallest absolute Gasteiger partial charge is 0.306 e. The van der Waals surface area contributed by atoms with E-state index in [1.165, 1.54) is 128 Å². The molecule has 0 amide bonds. The molecule has 0 radical (unpaired) electrons. The number of carbonyl (C=O) groups excluding carboxylic acids is 3. The first-order valence-corrected chi connectivity index (χ1v) is 26.3. The topological polar surface area (TPSA) is 78.9 Å². The van der Waals surface area contributed by atoms with E-state index in [-0.39, 0.29) is 31.1 Å². The highest BCUT2D eigenvalue weighted by Gasteiger charge is 2.19. The third-order valence-electron chi connectivity index (χ3n) is 11.2. The lowest BCUT2D eigenvalue weighted by molar-refractivity contribution is -0.167. The van der Waals surface area contributed by atoms with Crippen LogP contribution in [0.4, 0.5) is 0 Å². The second-order valence-electron chi connectivity index (χ2n) is 17.5. The first kappa shape index (κ1) is 59.1. The highest BCUT2D eigenvalue weighted by molar-refractivity contribution is 5.71. The minimum atomic E-state index is -0.786. The fourth-order valence-corrected chi connectivity index (χ4v) is 7.22. The summed E-state index contributed by atoms with van der Waals surface area (Å²) in [6, 6.07) is 0. The number of esters is 3. The van der Waals surface area contributed by atoms with Crippen molar-refractivity contribution in [2.24, 2.45) is 0 Å². The van der Waals surface area contributed by atoms with Crippen molar-refractivity contribution < 1.29 is 28.6 Å². The lowest BCUT2D eigenvalue weighted by atomic mass is 10.1. The van der Waals surface area contributed by atoms with E-state index >= 15 is 0 Å². The zero-order valence-electron chi connectivity index (χ0n) is 40.9. The van der Waals surface area contributed by atoms with Crippen LogP contribution in [0, 0.1) is 0 Å². The predicted octanol–water partition coefficient (Wildman–Crippen LogP) is 17.3. The first-order chi connectivity index (χ1) is 30.5. The van der Waals surface area contributed by atoms with E-state index in [0.29, 0.717) is 19.3 Å². The Morgan fingerprint density at radius 1 is 0.339 bits per heavy atom. The van der Waals surface area contributed by atoms with Gasteiger partial charge >= 0.3 is 17.9 Å². The lowest BCUT2D eigenvalue weighted by Gasteiger charge is -2.18. The van der Waals surface area contributed by atoms with Crippen molar-refractivity contribution in [3.63, 3.8) is 0 Å². The number of hydrogen-bond donors (Lipinski definition) is 0. The quantitative estimate of drug-likeness (QED) is 0.0199. The number of hydrogen-bond acceptors (Lipinski definition) is 6. The van der Waals surface area contributed by atoms with Crippen molar-refractivity contribution in [2.45, 2.75) is 264 Å². The van der Waals surface area contributed by atoms with Crippen molar-refractivity contribution in [3.05, 3.63) is 60.8 Å². The van der Waals surface area contributed by atoms with Crippen LogP contribution in [0.25, 0.3) is 0 Å². The molecule has 0 aliphatic carbocycles. The largest absolute Gasteiger partial charge is 0.462 e. The van der Waals surface area contributed by atoms with Crippen molar-refractivity contribution >= 4 is 17.9 Å². The molecule has 0 aromatic heterocycles. The number of ether oxygens (including phenoxy) is 3. The molecule has 0 aliphatic heterocycles. The molecule has 0 bridgehead atoms. The molecule has 0 saturated heterocycles. The Hall–Kier alpha value is -2.89. The van der Waals surface area contributed by atoms with Crippen LogP contribution in [0.1, 0.15) is 258 Å². The fraction of sp³-hybridized carbons (Fsp3) is 0.768. The van der Waals surface area contributed by atoms with Crippen LogP contribution in [0.5, 0.6) is 0 Å². The maximum absolute atomic E-state index is 12.8. The molecular formula is C56H98O6. The van der Waals surface area contributed by atoms with Crippen LogP contribution >= 0.6 is 0 Å². The Bertz CT molecular complexity index is 1130. The van der Waals surface area contributed by atoms with Crippen molar-refractivity contribution in [3.8, 4) is 0 Å². The summed E-state index contributed by atoms with van der Waals surface area (Å²) in [7, 11) is 0. The number of rotatable bonds is 47. The Labute approximate surface area is 383 Å². The number of carbonyl (C=O) groups is 3. The molecule has 62 heavy (non-hydrogen) atoms. The Kier molecular flexibility index (Phi) is 48.4. The Morgan fingerprint density at radius 3 is 1.00 bits per heavy atom. The minimum absolute atomic E-state index is 0.0856. The average molecular weight is 867 g/mol. The molecule has 0 N–H and O–H groups in total. The van der Waals surface area contributed by atoms with Crippen LogP contribution in [-0.4, -0.2) is 37.2 Å². The van der Waals surface area contributed by atoms with E-state index in [0.717, 1.165) is 89.9 Å². The molecular weight excluding hydrogens is 769 g/mol. The summed E-state index contributed by atoms with van der Waals surface area (Å²) in [4.78, 5) is 38.0. The maximum Gasteiger partial charge on any atom is 0.306 e. The average Bonchev–Trinajstić information content (AvgIpc) is 3.27. The van der Waals surface area contributed by atoms with Gasteiger partial charge in [0.1, 0.15) is 13.2 Å². The highest BCUT2D eigenvalue weighted by Crippen LogP contribution is 2.14. The third kappa shape index (κ3) is 48.1. The van der Waals surface area contributed by atoms with Gasteiger partial charge < -0.3 is 14.2 Å². The van der Waals surface area contributed by atoms with Gasteiger partial charge in [-0.15, -0.1) is 0 Å². The molecule has 6 nitrogen and oxygen atoms in total. The minimum Gasteiger partial charge on any atom is -0.462 e. The van der Waals surface area contributed by atoms with E-state index in [4.69, 9.17) is 14.2 Å². The summed E-state index contributed by atoms with van der Waals surface area (Å²) in [5.74, 6) is -0.910. The molecule has 1 atom stereocenters. The molecule has 0 rings (SSSR count). The summed E-state index contributed by atoms with van der Waals surface area (Å²) in [6.07, 6.45) is 61.9. The van der Waals surface area contributed by atoms with Crippen LogP contribution in [0.15, 0.2) is 60.8 Å². The molecule has 0 aliphatic rings. The van der Waals surface area contributed by atoms with Gasteiger partial charge in [0, 0.05) is 19.3 Å². The van der Waals surface area contributed by atoms with Gasteiger partial charge in [-0.25, -0.2) is 0 Å². The third-order valence-corrected chi connectivity index (χ3v) is 11.2. The molecule has 6 heteroatoms. The summed E-state index contributed by atoms with van der Waals surface area (Å²) in [5.41, 5.74) is 0. The molecule has 0 aromatic carbocycles. The van der Waals surface area contributed by atoms with Crippen molar-refractivity contribution in [1.82, 2.24) is 0 Å².